The molecule has 4 aromatic rings. The smallest absolute Gasteiger partial charge is 0.295 e. The number of phenolic OH excluding ortho intramolecular Hbond substituents is 2. The molecule has 0 atom stereocenters. The number of nitrogens with zero attached hydrogens (tertiary/aromatic N) is 2. The first-order chi connectivity index (χ1) is 15.0. The highest BCUT2D eigenvalue weighted by atomic mass is 32.2. The molecule has 5 N–H and O–H groups in total. The molecule has 164 valence electrons. The van der Waals surface area contributed by atoms with Crippen LogP contribution in [0.1, 0.15) is 16.7 Å². The van der Waals surface area contributed by atoms with Crippen molar-refractivity contribution in [3.05, 3.63) is 59.2 Å². The van der Waals surface area contributed by atoms with Crippen molar-refractivity contribution in [1.29, 1.82) is 0 Å². The molecule has 0 radical (unpaired) electrons. The molecule has 0 bridgehead atoms. The van der Waals surface area contributed by atoms with Crippen molar-refractivity contribution < 1.29 is 23.2 Å². The van der Waals surface area contributed by atoms with Gasteiger partial charge in [-0.1, -0.05) is 29.8 Å². The Morgan fingerprint density at radius 3 is 2.22 bits per heavy atom. The Labute approximate surface area is 184 Å². The first kappa shape index (κ1) is 21.5. The highest BCUT2D eigenvalue weighted by Crippen LogP contribution is 2.44. The maximum atomic E-state index is 11.8. The summed E-state index contributed by atoms with van der Waals surface area (Å²) in [5, 5.41) is 31.3. The minimum atomic E-state index is -4.54. The SMILES string of the molecule is Cc1ccc2c(N=Nc3ccc4c(S(=O)(=O)O)cc(C)c(N)c4c3O)c(O)cc(C)c2c1. The molecular weight excluding hydrogens is 430 g/mol. The van der Waals surface area contributed by atoms with Gasteiger partial charge in [-0.3, -0.25) is 4.55 Å². The summed E-state index contributed by atoms with van der Waals surface area (Å²) < 4.78 is 33.2. The number of benzene rings is 4. The summed E-state index contributed by atoms with van der Waals surface area (Å²) in [4.78, 5) is -0.365. The van der Waals surface area contributed by atoms with Crippen LogP contribution in [0.4, 0.5) is 17.1 Å². The van der Waals surface area contributed by atoms with Gasteiger partial charge in [0.05, 0.1) is 5.39 Å². The molecule has 0 spiro atoms. The molecule has 32 heavy (non-hydrogen) atoms. The third-order valence-corrected chi connectivity index (χ3v) is 6.34. The lowest BCUT2D eigenvalue weighted by Crippen LogP contribution is -2.02. The highest BCUT2D eigenvalue weighted by molar-refractivity contribution is 7.86. The first-order valence-corrected chi connectivity index (χ1v) is 11.1. The summed E-state index contributed by atoms with van der Waals surface area (Å²) in [5.41, 5.74) is 8.81. The molecule has 0 saturated carbocycles. The molecule has 0 fully saturated rings. The van der Waals surface area contributed by atoms with Gasteiger partial charge in [0.2, 0.25) is 0 Å². The first-order valence-electron chi connectivity index (χ1n) is 9.66. The van der Waals surface area contributed by atoms with E-state index < -0.39 is 10.1 Å². The Balaban J connectivity index is 1.94. The van der Waals surface area contributed by atoms with E-state index in [4.69, 9.17) is 5.73 Å². The maximum absolute atomic E-state index is 11.8. The van der Waals surface area contributed by atoms with E-state index in [-0.39, 0.29) is 44.2 Å². The van der Waals surface area contributed by atoms with Crippen molar-refractivity contribution in [1.82, 2.24) is 0 Å². The Morgan fingerprint density at radius 1 is 0.844 bits per heavy atom. The van der Waals surface area contributed by atoms with E-state index in [1.165, 1.54) is 18.2 Å². The lowest BCUT2D eigenvalue weighted by atomic mass is 10.0. The Kier molecular flexibility index (Phi) is 5.03. The van der Waals surface area contributed by atoms with Crippen LogP contribution in [0.3, 0.4) is 0 Å². The van der Waals surface area contributed by atoms with Crippen LogP contribution in [0, 0.1) is 20.8 Å². The van der Waals surface area contributed by atoms with Gasteiger partial charge >= 0.3 is 0 Å². The van der Waals surface area contributed by atoms with Crippen LogP contribution in [-0.4, -0.2) is 23.2 Å². The van der Waals surface area contributed by atoms with Crippen LogP contribution >= 0.6 is 0 Å². The van der Waals surface area contributed by atoms with Gasteiger partial charge in [0, 0.05) is 16.5 Å². The number of nitrogen functional groups attached to an aromatic ring is 1. The topological polar surface area (TPSA) is 146 Å². The molecule has 0 unspecified atom stereocenters. The number of phenols is 2. The number of rotatable bonds is 3. The molecule has 9 heteroatoms. The van der Waals surface area contributed by atoms with Gasteiger partial charge in [-0.2, -0.15) is 8.42 Å². The largest absolute Gasteiger partial charge is 0.506 e. The minimum Gasteiger partial charge on any atom is -0.506 e. The average molecular weight is 452 g/mol. The lowest BCUT2D eigenvalue weighted by Gasteiger charge is -2.12. The van der Waals surface area contributed by atoms with E-state index in [1.807, 2.05) is 32.0 Å². The van der Waals surface area contributed by atoms with Crippen molar-refractivity contribution in [3.8, 4) is 11.5 Å². The monoisotopic (exact) mass is 451 g/mol. The normalized spacial score (nSPS) is 12.2. The van der Waals surface area contributed by atoms with Crippen molar-refractivity contribution in [2.75, 3.05) is 5.73 Å². The Hall–Kier alpha value is -3.69. The van der Waals surface area contributed by atoms with E-state index in [9.17, 15) is 23.2 Å². The lowest BCUT2D eigenvalue weighted by molar-refractivity contribution is 0.475. The molecule has 4 rings (SSSR count). The average Bonchev–Trinajstić information content (AvgIpc) is 2.71. The van der Waals surface area contributed by atoms with Crippen LogP contribution in [0.5, 0.6) is 11.5 Å². The number of fused-ring (bicyclic) bond motifs is 2. The number of azo groups is 1. The van der Waals surface area contributed by atoms with E-state index >= 15 is 0 Å². The zero-order chi connectivity index (χ0) is 23.4. The number of hydrogen-bond acceptors (Lipinski definition) is 7. The van der Waals surface area contributed by atoms with Crippen molar-refractivity contribution in [2.24, 2.45) is 10.2 Å². The van der Waals surface area contributed by atoms with E-state index in [0.717, 1.165) is 16.5 Å². The molecule has 0 aliphatic rings. The third-order valence-electron chi connectivity index (χ3n) is 5.45. The molecule has 4 aromatic carbocycles. The third kappa shape index (κ3) is 3.51. The number of nitrogens with two attached hydrogens (primary N) is 1. The highest BCUT2D eigenvalue weighted by Gasteiger charge is 2.21. The summed E-state index contributed by atoms with van der Waals surface area (Å²) >= 11 is 0. The molecule has 8 nitrogen and oxygen atoms in total. The number of hydrogen-bond donors (Lipinski definition) is 4. The Bertz CT molecular complexity index is 1560. The number of anilines is 1. The molecule has 0 aliphatic heterocycles. The summed E-state index contributed by atoms with van der Waals surface area (Å²) in [5.74, 6) is -0.448. The number of aryl methyl sites for hydroxylation is 3. The van der Waals surface area contributed by atoms with Crippen LogP contribution in [0.25, 0.3) is 21.5 Å². The summed E-state index contributed by atoms with van der Waals surface area (Å²) in [6.45, 7) is 5.41. The fourth-order valence-electron chi connectivity index (χ4n) is 3.79. The second-order valence-electron chi connectivity index (χ2n) is 7.75. The Morgan fingerprint density at radius 2 is 1.53 bits per heavy atom. The second kappa shape index (κ2) is 7.47. The van der Waals surface area contributed by atoms with Crippen LogP contribution in [-0.2, 0) is 10.1 Å². The van der Waals surface area contributed by atoms with E-state index in [1.54, 1.807) is 13.0 Å². The van der Waals surface area contributed by atoms with E-state index in [0.29, 0.717) is 10.9 Å². The van der Waals surface area contributed by atoms with Gasteiger partial charge in [-0.15, -0.1) is 10.2 Å². The predicted molar refractivity (Wildman–Crippen MR) is 124 cm³/mol. The van der Waals surface area contributed by atoms with Gasteiger partial charge in [0.1, 0.15) is 22.0 Å². The zero-order valence-corrected chi connectivity index (χ0v) is 18.4. The van der Waals surface area contributed by atoms with Crippen LogP contribution in [0.15, 0.2) is 57.6 Å². The van der Waals surface area contributed by atoms with Gasteiger partial charge in [-0.25, -0.2) is 0 Å². The summed E-state index contributed by atoms with van der Waals surface area (Å²) in [6, 6.07) is 11.3. The molecule has 0 amide bonds. The van der Waals surface area contributed by atoms with Gasteiger partial charge < -0.3 is 15.9 Å². The zero-order valence-electron chi connectivity index (χ0n) is 17.6. The van der Waals surface area contributed by atoms with Crippen LogP contribution < -0.4 is 5.73 Å². The van der Waals surface area contributed by atoms with Crippen LogP contribution in [0.2, 0.25) is 0 Å². The fourth-order valence-corrected chi connectivity index (χ4v) is 4.56. The molecule has 0 heterocycles. The van der Waals surface area contributed by atoms with Crippen molar-refractivity contribution in [2.45, 2.75) is 25.7 Å². The quantitative estimate of drug-likeness (QED) is 0.182. The second-order valence-corrected chi connectivity index (χ2v) is 9.14. The van der Waals surface area contributed by atoms with Gasteiger partial charge in [0.15, 0.2) is 5.75 Å². The van der Waals surface area contributed by atoms with Crippen molar-refractivity contribution >= 4 is 48.7 Å². The van der Waals surface area contributed by atoms with Gasteiger partial charge in [0.25, 0.3) is 10.1 Å². The minimum absolute atomic E-state index is 0.0244. The summed E-state index contributed by atoms with van der Waals surface area (Å²) in [7, 11) is -4.54. The fraction of sp³-hybridized carbons (Fsp3) is 0.130. The summed E-state index contributed by atoms with van der Waals surface area (Å²) in [6.07, 6.45) is 0. The molecule has 0 saturated heterocycles. The standard InChI is InChI=1S/C23H21N3O5S/c1-11-4-5-14-16(8-11)12(2)9-18(27)22(14)26-25-17-7-6-15-19(32(29,30)31)10-13(3)21(24)20(15)23(17)28/h4-10,27-28H,24H2,1-3H3,(H,29,30,31). The molecule has 0 aromatic heterocycles. The number of aromatic hydroxyl groups is 2. The maximum Gasteiger partial charge on any atom is 0.295 e. The van der Waals surface area contributed by atoms with Gasteiger partial charge in [-0.05, 0) is 55.5 Å². The molecule has 0 aliphatic carbocycles. The predicted octanol–water partition coefficient (Wildman–Crippen LogP) is 5.57. The van der Waals surface area contributed by atoms with Crippen molar-refractivity contribution in [3.63, 3.8) is 0 Å². The molecular formula is C23H21N3O5S. The van der Waals surface area contributed by atoms with E-state index in [2.05, 4.69) is 10.2 Å².